The fourth-order valence-electron chi connectivity index (χ4n) is 2.83. The maximum atomic E-state index is 12.9. The fourth-order valence-corrected chi connectivity index (χ4v) is 2.83. The van der Waals surface area contributed by atoms with Crippen LogP contribution in [0.2, 0.25) is 0 Å². The zero-order valence-corrected chi connectivity index (χ0v) is 14.4. The number of amides is 2. The van der Waals surface area contributed by atoms with Gasteiger partial charge in [-0.15, -0.1) is 0 Å². The average Bonchev–Trinajstić information content (AvgIpc) is 2.60. The van der Waals surface area contributed by atoms with Crippen LogP contribution in [0.3, 0.4) is 0 Å². The summed E-state index contributed by atoms with van der Waals surface area (Å²) < 4.78 is 44.4. The number of hydrogen-bond acceptors (Lipinski definition) is 2. The van der Waals surface area contributed by atoms with Crippen molar-refractivity contribution < 1.29 is 22.7 Å². The second kappa shape index (κ2) is 6.90. The quantitative estimate of drug-likeness (QED) is 0.793. The number of fused-ring (bicyclic) bond motifs is 1. The van der Waals surface area contributed by atoms with E-state index in [-0.39, 0.29) is 11.8 Å². The second-order valence-electron chi connectivity index (χ2n) is 6.24. The van der Waals surface area contributed by atoms with Crippen molar-refractivity contribution >= 4 is 17.4 Å². The third-order valence-corrected chi connectivity index (χ3v) is 4.23. The number of aryl methyl sites for hydroxylation is 1. The van der Waals surface area contributed by atoms with Crippen molar-refractivity contribution in [3.05, 3.63) is 53.6 Å². The molecule has 0 fully saturated rings. The number of hydrogen-bond donors (Lipinski definition) is 1. The van der Waals surface area contributed by atoms with Gasteiger partial charge in [0, 0.05) is 5.69 Å². The van der Waals surface area contributed by atoms with Crippen molar-refractivity contribution in [1.29, 1.82) is 0 Å². The summed E-state index contributed by atoms with van der Waals surface area (Å²) in [6.45, 7) is 4.18. The molecule has 1 N–H and O–H groups in total. The summed E-state index contributed by atoms with van der Waals surface area (Å²) in [4.78, 5) is 14.3. The van der Waals surface area contributed by atoms with Gasteiger partial charge in [-0.05, 0) is 49.2 Å². The summed E-state index contributed by atoms with van der Waals surface area (Å²) >= 11 is 0. The molecular weight excluding hydrogens is 345 g/mol. The Morgan fingerprint density at radius 2 is 2.04 bits per heavy atom. The first kappa shape index (κ1) is 18.1. The molecule has 2 amide bonds. The Bertz CT molecular complexity index is 821. The molecule has 138 valence electrons. The fraction of sp³-hybridized carbons (Fsp3) is 0.316. The Labute approximate surface area is 149 Å². The normalized spacial score (nSPS) is 16.7. The number of halogens is 3. The van der Waals surface area contributed by atoms with Crippen LogP contribution in [0, 0.1) is 6.92 Å². The monoisotopic (exact) mass is 364 g/mol. The average molecular weight is 364 g/mol. The Hall–Kier alpha value is -2.70. The summed E-state index contributed by atoms with van der Waals surface area (Å²) in [5.41, 5.74) is 0.858. The van der Waals surface area contributed by atoms with Gasteiger partial charge in [0.25, 0.3) is 0 Å². The number of ether oxygens (including phenoxy) is 1. The van der Waals surface area contributed by atoms with Crippen LogP contribution < -0.4 is 15.0 Å². The molecule has 1 aliphatic rings. The number of nitrogens with zero attached hydrogens (tertiary/aromatic N) is 1. The van der Waals surface area contributed by atoms with Gasteiger partial charge in [0.05, 0.1) is 17.8 Å². The van der Waals surface area contributed by atoms with Gasteiger partial charge in [0.15, 0.2) is 0 Å². The van der Waals surface area contributed by atoms with E-state index in [2.05, 4.69) is 5.32 Å². The van der Waals surface area contributed by atoms with E-state index in [9.17, 15) is 18.0 Å². The highest BCUT2D eigenvalue weighted by Crippen LogP contribution is 2.36. The standard InChI is InChI=1S/C19H19F3N2O2/c1-3-15-11-24(16-9-12(2)7-8-17(16)26-15)18(25)23-14-6-4-5-13(10-14)19(20,21)22/h4-10,15H,3,11H2,1-2H3,(H,23,25)/t15-/m0/s1. The molecule has 0 aliphatic carbocycles. The molecule has 0 bridgehead atoms. The number of anilines is 2. The number of rotatable bonds is 2. The predicted molar refractivity (Wildman–Crippen MR) is 93.7 cm³/mol. The van der Waals surface area contributed by atoms with E-state index in [1.807, 2.05) is 26.0 Å². The summed E-state index contributed by atoms with van der Waals surface area (Å²) in [6.07, 6.45) is -3.92. The maximum Gasteiger partial charge on any atom is 0.416 e. The van der Waals surface area contributed by atoms with Gasteiger partial charge in [-0.25, -0.2) is 4.79 Å². The van der Waals surface area contributed by atoms with Gasteiger partial charge in [-0.3, -0.25) is 4.90 Å². The van der Waals surface area contributed by atoms with Gasteiger partial charge in [0.1, 0.15) is 11.9 Å². The number of alkyl halides is 3. The van der Waals surface area contributed by atoms with Crippen LogP contribution in [-0.2, 0) is 6.18 Å². The first-order valence-corrected chi connectivity index (χ1v) is 8.31. The minimum atomic E-state index is -4.46. The molecule has 1 atom stereocenters. The molecule has 4 nitrogen and oxygen atoms in total. The first-order valence-electron chi connectivity index (χ1n) is 8.31. The highest BCUT2D eigenvalue weighted by atomic mass is 19.4. The number of benzene rings is 2. The SMILES string of the molecule is CC[C@H]1CN(C(=O)Nc2cccc(C(F)(F)F)c2)c2cc(C)ccc2O1. The van der Waals surface area contributed by atoms with Crippen molar-refractivity contribution in [3.8, 4) is 5.75 Å². The highest BCUT2D eigenvalue weighted by molar-refractivity contribution is 6.03. The number of carbonyl (C=O) groups excluding carboxylic acids is 1. The van der Waals surface area contributed by atoms with Crippen molar-refractivity contribution in [1.82, 2.24) is 0 Å². The summed E-state index contributed by atoms with van der Waals surface area (Å²) in [5, 5.41) is 2.56. The number of carbonyl (C=O) groups is 1. The Kier molecular flexibility index (Phi) is 4.80. The van der Waals surface area contributed by atoms with Crippen LogP contribution in [0.5, 0.6) is 5.75 Å². The van der Waals surface area contributed by atoms with Crippen LogP contribution in [0.15, 0.2) is 42.5 Å². The maximum absolute atomic E-state index is 12.9. The van der Waals surface area contributed by atoms with Crippen LogP contribution in [0.4, 0.5) is 29.3 Å². The van der Waals surface area contributed by atoms with Crippen LogP contribution in [0.1, 0.15) is 24.5 Å². The zero-order valence-electron chi connectivity index (χ0n) is 14.4. The minimum Gasteiger partial charge on any atom is -0.486 e. The van der Waals surface area contributed by atoms with E-state index in [1.165, 1.54) is 17.0 Å². The lowest BCUT2D eigenvalue weighted by Gasteiger charge is -2.34. The lowest BCUT2D eigenvalue weighted by atomic mass is 10.1. The lowest BCUT2D eigenvalue weighted by molar-refractivity contribution is -0.137. The van der Waals surface area contributed by atoms with Crippen LogP contribution in [-0.4, -0.2) is 18.7 Å². The van der Waals surface area contributed by atoms with Crippen molar-refractivity contribution in [2.45, 2.75) is 32.5 Å². The van der Waals surface area contributed by atoms with Crippen LogP contribution in [0.25, 0.3) is 0 Å². The summed E-state index contributed by atoms with van der Waals surface area (Å²) in [6, 6.07) is 9.62. The second-order valence-corrected chi connectivity index (χ2v) is 6.24. The van der Waals surface area contributed by atoms with Crippen molar-refractivity contribution in [2.24, 2.45) is 0 Å². The van der Waals surface area contributed by atoms with Gasteiger partial charge >= 0.3 is 12.2 Å². The molecule has 26 heavy (non-hydrogen) atoms. The number of nitrogens with one attached hydrogen (secondary N) is 1. The van der Waals surface area contributed by atoms with Gasteiger partial charge in [-0.2, -0.15) is 13.2 Å². The molecule has 1 aliphatic heterocycles. The van der Waals surface area contributed by atoms with E-state index in [0.717, 1.165) is 17.7 Å². The molecule has 0 unspecified atom stereocenters. The van der Waals surface area contributed by atoms with Gasteiger partial charge in [0.2, 0.25) is 0 Å². The molecule has 3 rings (SSSR count). The molecule has 0 saturated carbocycles. The molecule has 0 saturated heterocycles. The molecule has 0 aromatic heterocycles. The Morgan fingerprint density at radius 1 is 1.27 bits per heavy atom. The molecule has 7 heteroatoms. The third kappa shape index (κ3) is 3.76. The molecule has 0 spiro atoms. The minimum absolute atomic E-state index is 0.0959. The van der Waals surface area contributed by atoms with E-state index in [4.69, 9.17) is 4.74 Å². The first-order chi connectivity index (χ1) is 12.3. The van der Waals surface area contributed by atoms with E-state index in [0.29, 0.717) is 24.4 Å². The van der Waals surface area contributed by atoms with Gasteiger partial charge < -0.3 is 10.1 Å². The van der Waals surface area contributed by atoms with E-state index < -0.39 is 17.8 Å². The lowest BCUT2D eigenvalue weighted by Crippen LogP contribution is -2.45. The molecule has 2 aromatic rings. The summed E-state index contributed by atoms with van der Waals surface area (Å²) in [5.74, 6) is 0.591. The largest absolute Gasteiger partial charge is 0.486 e. The summed E-state index contributed by atoms with van der Waals surface area (Å²) in [7, 11) is 0. The molecule has 0 radical (unpaired) electrons. The topological polar surface area (TPSA) is 41.6 Å². The van der Waals surface area contributed by atoms with Crippen molar-refractivity contribution in [2.75, 3.05) is 16.8 Å². The van der Waals surface area contributed by atoms with Gasteiger partial charge in [-0.1, -0.05) is 19.1 Å². The molecule has 1 heterocycles. The number of urea groups is 1. The molecular formula is C19H19F3N2O2. The van der Waals surface area contributed by atoms with E-state index >= 15 is 0 Å². The highest BCUT2D eigenvalue weighted by Gasteiger charge is 2.32. The van der Waals surface area contributed by atoms with E-state index in [1.54, 1.807) is 6.07 Å². The Balaban J connectivity index is 1.87. The van der Waals surface area contributed by atoms with Crippen molar-refractivity contribution in [3.63, 3.8) is 0 Å². The predicted octanol–water partition coefficient (Wildman–Crippen LogP) is 5.22. The smallest absolute Gasteiger partial charge is 0.416 e. The molecule has 2 aromatic carbocycles. The van der Waals surface area contributed by atoms with Crippen LogP contribution >= 0.6 is 0 Å². The zero-order chi connectivity index (χ0) is 18.9. The third-order valence-electron chi connectivity index (χ3n) is 4.23. The Morgan fingerprint density at radius 3 is 2.73 bits per heavy atom.